The van der Waals surface area contributed by atoms with Gasteiger partial charge >= 0.3 is 0 Å². The highest BCUT2D eigenvalue weighted by Gasteiger charge is 2.22. The maximum atomic E-state index is 11.5. The molecule has 0 aliphatic heterocycles. The average molecular weight is 296 g/mol. The van der Waals surface area contributed by atoms with Crippen molar-refractivity contribution in [2.24, 2.45) is 0 Å². The molecule has 0 amide bonds. The zero-order chi connectivity index (χ0) is 14.0. The van der Waals surface area contributed by atoms with Crippen LogP contribution in [0.15, 0.2) is 35.5 Å². The Hall–Kier alpha value is -1.84. The van der Waals surface area contributed by atoms with Gasteiger partial charge in [0.05, 0.1) is 12.7 Å². The molecule has 0 spiro atoms. The van der Waals surface area contributed by atoms with E-state index in [1.165, 1.54) is 10.9 Å². The van der Waals surface area contributed by atoms with Crippen molar-refractivity contribution in [2.45, 2.75) is 18.5 Å². The lowest BCUT2D eigenvalue weighted by molar-refractivity contribution is 0.573. The molecule has 0 aliphatic rings. The molecule has 0 N–H and O–H groups in total. The molecule has 0 atom stereocenters. The predicted molar refractivity (Wildman–Crippen MR) is 70.3 cm³/mol. The van der Waals surface area contributed by atoms with Crippen LogP contribution in [0.1, 0.15) is 16.7 Å². The topological polar surface area (TPSA) is 75.8 Å². The second kappa shape index (κ2) is 5.03. The lowest BCUT2D eigenvalue weighted by atomic mass is 10.1. The van der Waals surface area contributed by atoms with Gasteiger partial charge in [-0.2, -0.15) is 10.4 Å². The lowest BCUT2D eigenvalue weighted by Crippen LogP contribution is -2.09. The van der Waals surface area contributed by atoms with Gasteiger partial charge in [0.2, 0.25) is 0 Å². The predicted octanol–water partition coefficient (Wildman–Crippen LogP) is 2.04. The lowest BCUT2D eigenvalue weighted by Gasteiger charge is -2.06. The van der Waals surface area contributed by atoms with Gasteiger partial charge < -0.3 is 0 Å². The highest BCUT2D eigenvalue weighted by atomic mass is 35.7. The van der Waals surface area contributed by atoms with E-state index in [9.17, 15) is 8.42 Å². The monoisotopic (exact) mass is 295 g/mol. The van der Waals surface area contributed by atoms with Gasteiger partial charge in [0.15, 0.2) is 5.03 Å². The summed E-state index contributed by atoms with van der Waals surface area (Å²) in [4.78, 5) is 0. The van der Waals surface area contributed by atoms with Crippen LogP contribution in [-0.2, 0) is 15.6 Å². The minimum atomic E-state index is -4.01. The van der Waals surface area contributed by atoms with Crippen molar-refractivity contribution >= 4 is 19.7 Å². The zero-order valence-electron chi connectivity index (χ0n) is 10.0. The van der Waals surface area contributed by atoms with Crippen molar-refractivity contribution in [3.05, 3.63) is 47.2 Å². The van der Waals surface area contributed by atoms with E-state index in [1.54, 1.807) is 6.07 Å². The summed E-state index contributed by atoms with van der Waals surface area (Å²) in [6.45, 7) is 2.20. The molecule has 2 rings (SSSR count). The maximum Gasteiger partial charge on any atom is 0.279 e. The summed E-state index contributed by atoms with van der Waals surface area (Å²) in [7, 11) is 1.33. The number of benzene rings is 1. The minimum absolute atomic E-state index is 0.0536. The molecule has 5 nitrogen and oxygen atoms in total. The van der Waals surface area contributed by atoms with Crippen molar-refractivity contribution in [1.29, 1.82) is 5.26 Å². The van der Waals surface area contributed by atoms with Gasteiger partial charge in [0.25, 0.3) is 9.05 Å². The summed E-state index contributed by atoms with van der Waals surface area (Å²) in [5.74, 6) is 0. The largest absolute Gasteiger partial charge is 0.279 e. The van der Waals surface area contributed by atoms with Crippen molar-refractivity contribution in [1.82, 2.24) is 9.78 Å². The number of aromatic nitrogens is 2. The molecule has 7 heteroatoms. The van der Waals surface area contributed by atoms with E-state index in [-0.39, 0.29) is 17.1 Å². The maximum absolute atomic E-state index is 11.5. The molecule has 2 aromatic rings. The van der Waals surface area contributed by atoms with E-state index in [4.69, 9.17) is 15.9 Å². The molecule has 0 saturated carbocycles. The van der Waals surface area contributed by atoms with Crippen LogP contribution >= 0.6 is 10.7 Å². The Morgan fingerprint density at radius 3 is 2.53 bits per heavy atom. The molecule has 1 aromatic carbocycles. The molecule has 98 valence electrons. The first-order chi connectivity index (χ1) is 8.91. The minimum Gasteiger partial charge on any atom is -0.247 e. The summed E-state index contributed by atoms with van der Waals surface area (Å²) < 4.78 is 24.2. The average Bonchev–Trinajstić information content (AvgIpc) is 2.75. The molecule has 0 radical (unpaired) electrons. The van der Waals surface area contributed by atoms with Crippen LogP contribution in [0.25, 0.3) is 0 Å². The number of nitriles is 1. The Morgan fingerprint density at radius 1 is 1.37 bits per heavy atom. The number of halogens is 1. The number of hydrogen-bond donors (Lipinski definition) is 0. The summed E-state index contributed by atoms with van der Waals surface area (Å²) in [5.41, 5.74) is 1.92. The highest BCUT2D eigenvalue weighted by molar-refractivity contribution is 8.13. The Kier molecular flexibility index (Phi) is 3.60. The van der Waals surface area contributed by atoms with Crippen molar-refractivity contribution in [3.8, 4) is 6.07 Å². The van der Waals surface area contributed by atoms with Crippen molar-refractivity contribution in [2.75, 3.05) is 0 Å². The molecule has 1 aromatic heterocycles. The van der Waals surface area contributed by atoms with Crippen LogP contribution < -0.4 is 0 Å². The van der Waals surface area contributed by atoms with Gasteiger partial charge in [-0.3, -0.25) is 0 Å². The molecule has 0 unspecified atom stereocenters. The smallest absolute Gasteiger partial charge is 0.247 e. The van der Waals surface area contributed by atoms with Gasteiger partial charge in [-0.25, -0.2) is 13.1 Å². The fourth-order valence-corrected chi connectivity index (χ4v) is 2.90. The van der Waals surface area contributed by atoms with Crippen LogP contribution in [0.2, 0.25) is 0 Å². The van der Waals surface area contributed by atoms with Gasteiger partial charge in [-0.05, 0) is 12.5 Å². The highest BCUT2D eigenvalue weighted by Crippen LogP contribution is 2.20. The summed E-state index contributed by atoms with van der Waals surface area (Å²) in [6.07, 6.45) is 1.20. The Morgan fingerprint density at radius 2 is 2.00 bits per heavy atom. The molecule has 19 heavy (non-hydrogen) atoms. The first-order valence-electron chi connectivity index (χ1n) is 5.38. The third kappa shape index (κ3) is 2.95. The van der Waals surface area contributed by atoms with E-state index in [1.807, 2.05) is 31.2 Å². The van der Waals surface area contributed by atoms with Crippen LogP contribution in [-0.4, -0.2) is 18.2 Å². The van der Waals surface area contributed by atoms with Crippen LogP contribution in [0.4, 0.5) is 0 Å². The van der Waals surface area contributed by atoms with Gasteiger partial charge in [-0.15, -0.1) is 0 Å². The van der Waals surface area contributed by atoms with E-state index in [0.717, 1.165) is 11.1 Å². The zero-order valence-corrected chi connectivity index (χ0v) is 11.6. The van der Waals surface area contributed by atoms with E-state index in [0.29, 0.717) is 0 Å². The molecular formula is C12H10ClN3O2S. The molecule has 0 saturated heterocycles. The van der Waals surface area contributed by atoms with Crippen LogP contribution in [0.3, 0.4) is 0 Å². The molecule has 0 fully saturated rings. The normalized spacial score (nSPS) is 11.2. The fraction of sp³-hybridized carbons (Fsp3) is 0.167. The van der Waals surface area contributed by atoms with Gasteiger partial charge in [-0.1, -0.05) is 29.8 Å². The Labute approximate surface area is 115 Å². The van der Waals surface area contributed by atoms with Crippen molar-refractivity contribution in [3.63, 3.8) is 0 Å². The number of nitrogens with zero attached hydrogens (tertiary/aromatic N) is 3. The third-order valence-corrected chi connectivity index (χ3v) is 3.93. The van der Waals surface area contributed by atoms with Crippen molar-refractivity contribution < 1.29 is 8.42 Å². The number of hydrogen-bond acceptors (Lipinski definition) is 4. The third-order valence-electron chi connectivity index (χ3n) is 2.60. The number of aryl methyl sites for hydroxylation is 1. The second-order valence-electron chi connectivity index (χ2n) is 4.06. The summed E-state index contributed by atoms with van der Waals surface area (Å²) in [6, 6.07) is 9.34. The molecule has 1 heterocycles. The SMILES string of the molecule is Cc1ccc(Cn2ncc(C#N)c2S(=O)(=O)Cl)cc1. The molecule has 0 bridgehead atoms. The molecular weight excluding hydrogens is 286 g/mol. The van der Waals surface area contributed by atoms with E-state index in [2.05, 4.69) is 5.10 Å². The first-order valence-corrected chi connectivity index (χ1v) is 7.69. The second-order valence-corrected chi connectivity index (χ2v) is 6.54. The quantitative estimate of drug-likeness (QED) is 0.812. The van der Waals surface area contributed by atoms with E-state index < -0.39 is 9.05 Å². The van der Waals surface area contributed by atoms with Gasteiger partial charge in [0.1, 0.15) is 11.6 Å². The van der Waals surface area contributed by atoms with E-state index >= 15 is 0 Å². The number of rotatable bonds is 3. The first kappa shape index (κ1) is 13.6. The standard InChI is InChI=1S/C12H10ClN3O2S/c1-9-2-4-10(5-3-9)8-16-12(19(13,17)18)11(6-14)7-15-16/h2-5,7H,8H2,1H3. The fourth-order valence-electron chi connectivity index (χ4n) is 1.69. The summed E-state index contributed by atoms with van der Waals surface area (Å²) in [5, 5.41) is 12.5. The van der Waals surface area contributed by atoms with Crippen LogP contribution in [0, 0.1) is 18.3 Å². The summed E-state index contributed by atoms with van der Waals surface area (Å²) >= 11 is 0. The molecule has 0 aliphatic carbocycles. The van der Waals surface area contributed by atoms with Crippen LogP contribution in [0.5, 0.6) is 0 Å². The Bertz CT molecular complexity index is 742. The van der Waals surface area contributed by atoms with Gasteiger partial charge in [0, 0.05) is 10.7 Å². The Balaban J connectivity index is 2.45.